The average Bonchev–Trinajstić information content (AvgIpc) is 2.47. The molecule has 1 aliphatic heterocycles. The topological polar surface area (TPSA) is 121 Å². The van der Waals surface area contributed by atoms with Gasteiger partial charge in [0.2, 0.25) is 0 Å². The standard InChI is InChI=1S/C8H12N3.ClHO4/c1-6-5-7(2)11-8(10-6)3-4-9-11;2-1(3,4)5/h5,9H,3-4H2,1-2H3;(H,2,3,4,5)/q+1;/p-1. The zero-order valence-electron chi connectivity index (χ0n) is 8.90. The van der Waals surface area contributed by atoms with Crippen molar-refractivity contribution in [1.29, 1.82) is 0 Å². The third-order valence-corrected chi connectivity index (χ3v) is 1.95. The minimum atomic E-state index is -4.94. The fourth-order valence-electron chi connectivity index (χ4n) is 1.52. The summed E-state index contributed by atoms with van der Waals surface area (Å²) in [6.45, 7) is 5.14. The summed E-state index contributed by atoms with van der Waals surface area (Å²) in [5.74, 6) is 1.16. The van der Waals surface area contributed by atoms with Gasteiger partial charge in [-0.2, -0.15) is 0 Å². The van der Waals surface area contributed by atoms with Crippen LogP contribution in [0.2, 0.25) is 0 Å². The molecule has 90 valence electrons. The number of rotatable bonds is 0. The van der Waals surface area contributed by atoms with Crippen molar-refractivity contribution in [2.45, 2.75) is 20.3 Å². The average molecular weight is 250 g/mol. The molecule has 0 amide bonds. The molecular formula is C8H12ClN3O4. The quantitative estimate of drug-likeness (QED) is 0.462. The van der Waals surface area contributed by atoms with E-state index in [1.807, 2.05) is 6.92 Å². The predicted octanol–water partition coefficient (Wildman–Crippen LogP) is -4.67. The number of hydrogen-bond acceptors (Lipinski definition) is 6. The summed E-state index contributed by atoms with van der Waals surface area (Å²) in [6, 6.07) is 2.09. The van der Waals surface area contributed by atoms with E-state index in [-0.39, 0.29) is 0 Å². The molecule has 2 heterocycles. The highest BCUT2D eigenvalue weighted by molar-refractivity contribution is 5.04. The molecule has 8 heteroatoms. The van der Waals surface area contributed by atoms with Crippen LogP contribution in [-0.4, -0.2) is 11.5 Å². The minimum absolute atomic E-state index is 1.01. The summed E-state index contributed by atoms with van der Waals surface area (Å²) in [6.07, 6.45) is 1.04. The van der Waals surface area contributed by atoms with Crippen LogP contribution in [0, 0.1) is 24.1 Å². The van der Waals surface area contributed by atoms with Gasteiger partial charge in [-0.3, -0.25) is 5.43 Å². The van der Waals surface area contributed by atoms with E-state index in [1.165, 1.54) is 5.69 Å². The third kappa shape index (κ3) is 4.25. The second-order valence-electron chi connectivity index (χ2n) is 3.33. The van der Waals surface area contributed by atoms with Gasteiger partial charge in [0.05, 0.1) is 13.0 Å². The summed E-state index contributed by atoms with van der Waals surface area (Å²) in [4.78, 5) is 4.42. The van der Waals surface area contributed by atoms with Gasteiger partial charge in [0, 0.05) is 19.9 Å². The van der Waals surface area contributed by atoms with Gasteiger partial charge >= 0.3 is 5.82 Å². The largest absolute Gasteiger partial charge is 0.323 e. The molecule has 1 aliphatic rings. The fraction of sp³-hybridized carbons (Fsp3) is 0.500. The van der Waals surface area contributed by atoms with Crippen molar-refractivity contribution in [2.24, 2.45) is 0 Å². The highest BCUT2D eigenvalue weighted by Gasteiger charge is 2.21. The molecule has 0 atom stereocenters. The van der Waals surface area contributed by atoms with Crippen LogP contribution in [0.15, 0.2) is 6.07 Å². The monoisotopic (exact) mass is 249 g/mol. The van der Waals surface area contributed by atoms with Crippen molar-refractivity contribution in [1.82, 2.24) is 4.98 Å². The van der Waals surface area contributed by atoms with E-state index in [0.717, 1.165) is 24.5 Å². The lowest BCUT2D eigenvalue weighted by molar-refractivity contribution is -2.00. The number of aryl methyl sites for hydroxylation is 2. The zero-order valence-corrected chi connectivity index (χ0v) is 9.65. The van der Waals surface area contributed by atoms with Crippen LogP contribution in [0.3, 0.4) is 0 Å². The number of aromatic nitrogens is 2. The summed E-state index contributed by atoms with van der Waals surface area (Å²) < 4.78 is 36.0. The molecule has 2 rings (SSSR count). The molecule has 1 aromatic rings. The minimum Gasteiger partial charge on any atom is -0.255 e. The van der Waals surface area contributed by atoms with Crippen LogP contribution in [-0.2, 0) is 6.42 Å². The van der Waals surface area contributed by atoms with Crippen LogP contribution in [0.1, 0.15) is 17.2 Å². The van der Waals surface area contributed by atoms with Gasteiger partial charge in [-0.25, -0.2) is 18.6 Å². The number of fused-ring (bicyclic) bond motifs is 1. The van der Waals surface area contributed by atoms with Crippen molar-refractivity contribution in [2.75, 3.05) is 12.0 Å². The van der Waals surface area contributed by atoms with E-state index in [9.17, 15) is 0 Å². The molecule has 7 nitrogen and oxygen atoms in total. The number of hydrogen-bond donors (Lipinski definition) is 1. The maximum absolute atomic E-state index is 8.49. The second kappa shape index (κ2) is 4.89. The van der Waals surface area contributed by atoms with E-state index < -0.39 is 10.2 Å². The van der Waals surface area contributed by atoms with E-state index in [2.05, 4.69) is 28.1 Å². The molecule has 0 saturated heterocycles. The summed E-state index contributed by atoms with van der Waals surface area (Å²) >= 11 is 0. The number of nitrogens with zero attached hydrogens (tertiary/aromatic N) is 2. The Morgan fingerprint density at radius 2 is 1.88 bits per heavy atom. The van der Waals surface area contributed by atoms with Gasteiger partial charge in [-0.05, 0) is 4.98 Å². The Labute approximate surface area is 94.7 Å². The van der Waals surface area contributed by atoms with Gasteiger partial charge in [0.1, 0.15) is 5.69 Å². The van der Waals surface area contributed by atoms with Gasteiger partial charge in [0.15, 0.2) is 5.69 Å². The highest BCUT2D eigenvalue weighted by atomic mass is 35.7. The molecule has 16 heavy (non-hydrogen) atoms. The normalized spacial score (nSPS) is 13.6. The summed E-state index contributed by atoms with van der Waals surface area (Å²) in [5, 5.41) is 0. The van der Waals surface area contributed by atoms with Crippen LogP contribution in [0.4, 0.5) is 0 Å². The molecule has 1 aromatic heterocycles. The molecule has 1 N–H and O–H groups in total. The van der Waals surface area contributed by atoms with E-state index in [0.29, 0.717) is 0 Å². The lowest BCUT2D eigenvalue weighted by Gasteiger charge is -2.17. The van der Waals surface area contributed by atoms with Crippen molar-refractivity contribution in [3.8, 4) is 0 Å². The number of nitrogens with one attached hydrogen (secondary N) is 1. The highest BCUT2D eigenvalue weighted by Crippen LogP contribution is 2.00. The first-order valence-electron chi connectivity index (χ1n) is 4.52. The Morgan fingerprint density at radius 1 is 1.31 bits per heavy atom. The maximum atomic E-state index is 8.49. The molecule has 0 radical (unpaired) electrons. The SMILES string of the molecule is Cc1cc(C)[n+]2c(n1)CCN2.[O-][Cl+3]([O-])([O-])[O-]. The zero-order chi connectivity index (χ0) is 12.3. The Bertz CT molecular complexity index is 374. The number of halogens is 1. The Morgan fingerprint density at radius 3 is 2.44 bits per heavy atom. The Hall–Kier alpha value is -0.990. The third-order valence-electron chi connectivity index (χ3n) is 1.95. The Kier molecular flexibility index (Phi) is 4.00. The first-order chi connectivity index (χ1) is 7.27. The molecule has 0 saturated carbocycles. The van der Waals surface area contributed by atoms with Gasteiger partial charge < -0.3 is 0 Å². The van der Waals surface area contributed by atoms with Crippen LogP contribution < -0.4 is 28.7 Å². The predicted molar refractivity (Wildman–Crippen MR) is 41.8 cm³/mol. The Balaban J connectivity index is 0.000000221. The lowest BCUT2D eigenvalue weighted by atomic mass is 10.3. The molecule has 0 aromatic carbocycles. The van der Waals surface area contributed by atoms with Gasteiger partial charge in [-0.15, -0.1) is 14.9 Å². The maximum Gasteiger partial charge on any atom is 0.323 e. The van der Waals surface area contributed by atoms with E-state index >= 15 is 0 Å². The van der Waals surface area contributed by atoms with Crippen molar-refractivity contribution < 1.29 is 33.6 Å². The molecule has 0 fully saturated rings. The fourth-order valence-corrected chi connectivity index (χ4v) is 1.52. The van der Waals surface area contributed by atoms with Crippen LogP contribution in [0.5, 0.6) is 0 Å². The second-order valence-corrected chi connectivity index (χ2v) is 4.08. The summed E-state index contributed by atoms with van der Waals surface area (Å²) in [7, 11) is -4.94. The molecule has 0 unspecified atom stereocenters. The molecular weight excluding hydrogens is 238 g/mol. The smallest absolute Gasteiger partial charge is 0.255 e. The lowest BCUT2D eigenvalue weighted by Crippen LogP contribution is -2.68. The molecule has 0 spiro atoms. The first-order valence-corrected chi connectivity index (χ1v) is 5.75. The molecule has 0 aliphatic carbocycles. The van der Waals surface area contributed by atoms with Crippen molar-refractivity contribution in [3.63, 3.8) is 0 Å². The summed E-state index contributed by atoms with van der Waals surface area (Å²) in [5.41, 5.74) is 5.60. The molecule has 0 bridgehead atoms. The van der Waals surface area contributed by atoms with Gasteiger partial charge in [0.25, 0.3) is 0 Å². The van der Waals surface area contributed by atoms with Crippen LogP contribution >= 0.6 is 0 Å². The first kappa shape index (κ1) is 13.1. The van der Waals surface area contributed by atoms with Crippen molar-refractivity contribution in [3.05, 3.63) is 23.3 Å². The van der Waals surface area contributed by atoms with E-state index in [1.54, 1.807) is 0 Å². The van der Waals surface area contributed by atoms with Crippen LogP contribution in [0.25, 0.3) is 0 Å². The van der Waals surface area contributed by atoms with Crippen molar-refractivity contribution >= 4 is 0 Å². The van der Waals surface area contributed by atoms with Gasteiger partial charge in [-0.1, -0.05) is 0 Å². The van der Waals surface area contributed by atoms with E-state index in [4.69, 9.17) is 18.6 Å².